The molecule has 0 radical (unpaired) electrons. The van der Waals surface area contributed by atoms with E-state index < -0.39 is 42.4 Å². The van der Waals surface area contributed by atoms with E-state index >= 15 is 0 Å². The normalized spacial score (nSPS) is 25.9. The molecule has 1 saturated heterocycles. The van der Waals surface area contributed by atoms with Crippen LogP contribution in [0.2, 0.25) is 0 Å². The van der Waals surface area contributed by atoms with Gasteiger partial charge in [0.25, 0.3) is 0 Å². The van der Waals surface area contributed by atoms with Crippen LogP contribution in [0.15, 0.2) is 35.7 Å². The van der Waals surface area contributed by atoms with Crippen LogP contribution in [0.5, 0.6) is 0 Å². The number of halogens is 3. The molecular formula is C23H32F3N3O5S3. The largest absolute Gasteiger partial charge is 0.421 e. The number of anilines is 1. The van der Waals surface area contributed by atoms with E-state index in [1.165, 1.54) is 44.6 Å². The van der Waals surface area contributed by atoms with Crippen LogP contribution in [-0.2, 0) is 25.6 Å². The zero-order valence-corrected chi connectivity index (χ0v) is 23.1. The Morgan fingerprint density at radius 1 is 1.11 bits per heavy atom. The van der Waals surface area contributed by atoms with Crippen molar-refractivity contribution in [2.75, 3.05) is 37.3 Å². The SMILES string of the molecule is C[C@@](O)(c1ccc(N2CCN(S(=O)(=O)C3CC=CS3)C[C@@H]2CN(C2CCC2)S(C)(=O)=O)cc1)C(F)(F)F. The number of thioether (sulfide) groups is 1. The average Bonchev–Trinajstić information content (AvgIpc) is 3.32. The van der Waals surface area contributed by atoms with Crippen molar-refractivity contribution in [3.05, 3.63) is 41.3 Å². The minimum atomic E-state index is -4.86. The predicted octanol–water partition coefficient (Wildman–Crippen LogP) is 3.07. The third kappa shape index (κ3) is 5.83. The number of benzene rings is 1. The van der Waals surface area contributed by atoms with Crippen molar-refractivity contribution in [3.8, 4) is 0 Å². The van der Waals surface area contributed by atoms with Gasteiger partial charge in [-0.05, 0) is 49.3 Å². The molecule has 1 aliphatic carbocycles. The second-order valence-corrected chi connectivity index (χ2v) is 15.4. The standard InChI is InChI=1S/C23H32F3N3O5S3/c1-22(30,23(24,25)26)17-8-10-18(11-9-17)28-13-12-27(37(33,34)21-7-4-14-35-21)15-20(28)16-29(36(2,31)32)19-5-3-6-19/h4,8-11,14,19-21,30H,3,5-7,12-13,15-16H2,1-2H3/t20-,21?,22-/m1/s1. The van der Waals surface area contributed by atoms with Gasteiger partial charge in [-0.2, -0.15) is 21.8 Å². The fourth-order valence-corrected chi connectivity index (χ4v) is 9.19. The van der Waals surface area contributed by atoms with Gasteiger partial charge in [-0.15, -0.1) is 11.8 Å². The number of allylic oxidation sites excluding steroid dienone is 1. The molecule has 2 heterocycles. The van der Waals surface area contributed by atoms with E-state index in [1.807, 2.05) is 4.90 Å². The summed E-state index contributed by atoms with van der Waals surface area (Å²) in [6, 6.07) is 4.61. The lowest BCUT2D eigenvalue weighted by atomic mass is 9.92. The molecule has 0 aromatic heterocycles. The lowest BCUT2D eigenvalue weighted by Crippen LogP contribution is -2.61. The summed E-state index contributed by atoms with van der Waals surface area (Å²) in [5.74, 6) is 0. The Bertz CT molecular complexity index is 1210. The smallest absolute Gasteiger partial charge is 0.376 e. The van der Waals surface area contributed by atoms with Crippen molar-refractivity contribution < 1.29 is 35.1 Å². The van der Waals surface area contributed by atoms with E-state index in [2.05, 4.69) is 0 Å². The molecule has 8 nitrogen and oxygen atoms in total. The highest BCUT2D eigenvalue weighted by Gasteiger charge is 2.51. The summed E-state index contributed by atoms with van der Waals surface area (Å²) in [4.78, 5) is 1.86. The van der Waals surface area contributed by atoms with Gasteiger partial charge in [-0.3, -0.25) is 0 Å². The third-order valence-electron chi connectivity index (χ3n) is 7.40. The van der Waals surface area contributed by atoms with Crippen LogP contribution in [0.25, 0.3) is 0 Å². The van der Waals surface area contributed by atoms with Crippen LogP contribution in [0.3, 0.4) is 0 Å². The third-order valence-corrected chi connectivity index (χ3v) is 12.5. The molecule has 4 rings (SSSR count). The van der Waals surface area contributed by atoms with Gasteiger partial charge in [-0.1, -0.05) is 24.6 Å². The molecule has 1 saturated carbocycles. The average molecular weight is 584 g/mol. The van der Waals surface area contributed by atoms with Crippen molar-refractivity contribution >= 4 is 37.5 Å². The van der Waals surface area contributed by atoms with Crippen molar-refractivity contribution in [2.24, 2.45) is 0 Å². The predicted molar refractivity (Wildman–Crippen MR) is 138 cm³/mol. The first-order valence-electron chi connectivity index (χ1n) is 12.0. The highest BCUT2D eigenvalue weighted by atomic mass is 32.3. The summed E-state index contributed by atoms with van der Waals surface area (Å²) in [5.41, 5.74) is -2.82. The Kier molecular flexibility index (Phi) is 8.02. The maximum atomic E-state index is 13.3. The number of alkyl halides is 3. The Morgan fingerprint density at radius 2 is 1.76 bits per heavy atom. The van der Waals surface area contributed by atoms with Gasteiger partial charge in [0.05, 0.1) is 12.3 Å². The molecule has 2 aliphatic heterocycles. The topological polar surface area (TPSA) is 98.2 Å². The number of nitrogens with zero attached hydrogens (tertiary/aromatic N) is 3. The monoisotopic (exact) mass is 583 g/mol. The van der Waals surface area contributed by atoms with Crippen LogP contribution >= 0.6 is 11.8 Å². The van der Waals surface area contributed by atoms with E-state index in [9.17, 15) is 35.1 Å². The van der Waals surface area contributed by atoms with Gasteiger partial charge in [0, 0.05) is 37.9 Å². The number of piperazine rings is 1. The summed E-state index contributed by atoms with van der Waals surface area (Å²) in [6.45, 7) is 1.22. The molecule has 0 spiro atoms. The van der Waals surface area contributed by atoms with Gasteiger partial charge in [0.2, 0.25) is 20.0 Å². The van der Waals surface area contributed by atoms with Crippen LogP contribution in [0.1, 0.15) is 38.2 Å². The Balaban J connectivity index is 1.63. The second kappa shape index (κ2) is 10.3. The first-order chi connectivity index (χ1) is 17.1. The van der Waals surface area contributed by atoms with Crippen LogP contribution in [0, 0.1) is 0 Å². The van der Waals surface area contributed by atoms with E-state index in [1.54, 1.807) is 11.5 Å². The van der Waals surface area contributed by atoms with E-state index in [4.69, 9.17) is 0 Å². The van der Waals surface area contributed by atoms with E-state index in [-0.39, 0.29) is 37.8 Å². The van der Waals surface area contributed by atoms with Gasteiger partial charge in [0.15, 0.2) is 5.60 Å². The second-order valence-electron chi connectivity index (χ2n) is 9.96. The summed E-state index contributed by atoms with van der Waals surface area (Å²) in [5, 5.41) is 11.8. The number of aliphatic hydroxyl groups is 1. The zero-order chi connectivity index (χ0) is 27.2. The van der Waals surface area contributed by atoms with Gasteiger partial charge in [0.1, 0.15) is 4.58 Å². The fourth-order valence-electron chi connectivity index (χ4n) is 4.86. The Morgan fingerprint density at radius 3 is 2.24 bits per heavy atom. The summed E-state index contributed by atoms with van der Waals surface area (Å²) in [7, 11) is -7.22. The molecule has 1 aromatic rings. The van der Waals surface area contributed by atoms with Crippen molar-refractivity contribution in [3.63, 3.8) is 0 Å². The van der Waals surface area contributed by atoms with Crippen LogP contribution in [-0.4, -0.2) is 85.8 Å². The Labute approximate surface area is 220 Å². The highest BCUT2D eigenvalue weighted by Crippen LogP contribution is 2.39. The molecule has 3 atom stereocenters. The number of hydrogen-bond donors (Lipinski definition) is 1. The van der Waals surface area contributed by atoms with E-state index in [0.29, 0.717) is 19.0 Å². The molecule has 37 heavy (non-hydrogen) atoms. The van der Waals surface area contributed by atoms with E-state index in [0.717, 1.165) is 25.5 Å². The van der Waals surface area contributed by atoms with Gasteiger partial charge < -0.3 is 10.0 Å². The maximum absolute atomic E-state index is 13.3. The number of sulfonamides is 2. The summed E-state index contributed by atoms with van der Waals surface area (Å²) in [6.07, 6.45) is 0.861. The molecule has 3 aliphatic rings. The van der Waals surface area contributed by atoms with Crippen LogP contribution in [0.4, 0.5) is 18.9 Å². The van der Waals surface area contributed by atoms with Crippen molar-refractivity contribution in [2.45, 2.75) is 61.1 Å². The van der Waals surface area contributed by atoms with Gasteiger partial charge >= 0.3 is 6.18 Å². The van der Waals surface area contributed by atoms with Crippen molar-refractivity contribution in [1.29, 1.82) is 0 Å². The lowest BCUT2D eigenvalue weighted by Gasteiger charge is -2.46. The Hall–Kier alpha value is -1.32. The first kappa shape index (κ1) is 28.7. The number of hydrogen-bond acceptors (Lipinski definition) is 7. The molecule has 14 heteroatoms. The first-order valence-corrected chi connectivity index (χ1v) is 16.3. The lowest BCUT2D eigenvalue weighted by molar-refractivity contribution is -0.258. The molecule has 0 bridgehead atoms. The molecule has 208 valence electrons. The molecular weight excluding hydrogens is 551 g/mol. The minimum absolute atomic E-state index is 0.0557. The number of rotatable bonds is 8. The zero-order valence-electron chi connectivity index (χ0n) is 20.6. The highest BCUT2D eigenvalue weighted by molar-refractivity contribution is 8.14. The fraction of sp³-hybridized carbons (Fsp3) is 0.652. The molecule has 1 unspecified atom stereocenters. The molecule has 1 N–H and O–H groups in total. The van der Waals surface area contributed by atoms with Crippen LogP contribution < -0.4 is 4.90 Å². The van der Waals surface area contributed by atoms with Crippen molar-refractivity contribution in [1.82, 2.24) is 8.61 Å². The summed E-state index contributed by atoms with van der Waals surface area (Å²) < 4.78 is 94.0. The maximum Gasteiger partial charge on any atom is 0.421 e. The minimum Gasteiger partial charge on any atom is -0.376 e. The van der Waals surface area contributed by atoms with Gasteiger partial charge in [-0.25, -0.2) is 16.8 Å². The molecule has 2 fully saturated rings. The molecule has 0 amide bonds. The quantitative estimate of drug-likeness (QED) is 0.502. The molecule has 1 aromatic carbocycles. The summed E-state index contributed by atoms with van der Waals surface area (Å²) >= 11 is 1.24.